The van der Waals surface area contributed by atoms with E-state index in [1.54, 1.807) is 0 Å². The minimum atomic E-state index is -0.224. The first kappa shape index (κ1) is 9.12. The highest BCUT2D eigenvalue weighted by molar-refractivity contribution is 9.10. The van der Waals surface area contributed by atoms with Gasteiger partial charge in [0.2, 0.25) is 0 Å². The van der Waals surface area contributed by atoms with Gasteiger partial charge in [-0.15, -0.1) is 0 Å². The molecule has 1 fully saturated rings. The third kappa shape index (κ3) is 2.07. The number of rotatable bonds is 1. The van der Waals surface area contributed by atoms with Crippen LogP contribution in [0.25, 0.3) is 0 Å². The van der Waals surface area contributed by atoms with Crippen molar-refractivity contribution < 1.29 is 9.23 Å². The van der Waals surface area contributed by atoms with Crippen LogP contribution in [0.4, 0.5) is 4.39 Å². The van der Waals surface area contributed by atoms with Gasteiger partial charge in [0.25, 0.3) is 0 Å². The Kier molecular flexibility index (Phi) is 2.62. The summed E-state index contributed by atoms with van der Waals surface area (Å²) in [5, 5.41) is 0. The molecule has 2 rings (SSSR count). The Morgan fingerprint density at radius 2 is 2.31 bits per heavy atom. The smallest absolute Gasteiger partial charge is 0.124 e. The maximum atomic E-state index is 13.0. The Hall–Kier alpha value is -0.450. The third-order valence-corrected chi connectivity index (χ3v) is 2.48. The highest BCUT2D eigenvalue weighted by Gasteiger charge is 2.17. The van der Waals surface area contributed by atoms with Gasteiger partial charge >= 0.3 is 0 Å². The van der Waals surface area contributed by atoms with Gasteiger partial charge in [0, 0.05) is 4.47 Å². The fraction of sp³-hybridized carbons (Fsp3) is 0.333. The molecule has 13 heavy (non-hydrogen) atoms. The first-order valence-electron chi connectivity index (χ1n) is 4.09. The molecule has 1 heterocycles. The van der Waals surface area contributed by atoms with Crippen molar-refractivity contribution in [2.45, 2.75) is 12.5 Å². The Labute approximate surface area is 84.2 Å². The fourth-order valence-corrected chi connectivity index (χ4v) is 1.89. The van der Waals surface area contributed by atoms with Gasteiger partial charge in [0.05, 0.1) is 12.6 Å². The fourth-order valence-electron chi connectivity index (χ4n) is 1.41. The van der Waals surface area contributed by atoms with Crippen molar-refractivity contribution in [3.63, 3.8) is 0 Å². The molecule has 0 aliphatic carbocycles. The molecule has 70 valence electrons. The van der Waals surface area contributed by atoms with Crippen LogP contribution in [0.15, 0.2) is 22.7 Å². The molecule has 0 unspecified atom stereocenters. The van der Waals surface area contributed by atoms with Crippen LogP contribution in [0.3, 0.4) is 0 Å². The molecule has 1 aromatic carbocycles. The van der Waals surface area contributed by atoms with E-state index in [-0.39, 0.29) is 11.9 Å². The Morgan fingerprint density at radius 3 is 2.92 bits per heavy atom. The van der Waals surface area contributed by atoms with Crippen LogP contribution in [0.1, 0.15) is 18.0 Å². The summed E-state index contributed by atoms with van der Waals surface area (Å²) in [5.41, 5.74) is 3.76. The monoisotopic (exact) mass is 245 g/mol. The lowest BCUT2D eigenvalue weighted by Crippen LogP contribution is -2.11. The molecule has 2 nitrogen and oxygen atoms in total. The standard InChI is InChI=1S/C9H9BrFNO/c10-7-3-6(4-8(11)5-7)9-1-2-13-12-9/h3-5,9,12H,1-2H2/t9-/m1/s1. The molecule has 0 bridgehead atoms. The van der Waals surface area contributed by atoms with Crippen LogP contribution in [-0.2, 0) is 4.84 Å². The predicted octanol–water partition coefficient (Wildman–Crippen LogP) is 2.55. The third-order valence-electron chi connectivity index (χ3n) is 2.02. The van der Waals surface area contributed by atoms with Crippen LogP contribution in [0.5, 0.6) is 0 Å². The molecule has 1 saturated heterocycles. The molecule has 1 aliphatic rings. The minimum absolute atomic E-state index is 0.118. The average Bonchev–Trinajstić information content (AvgIpc) is 2.53. The molecular formula is C9H9BrFNO. The maximum Gasteiger partial charge on any atom is 0.124 e. The van der Waals surface area contributed by atoms with E-state index in [1.807, 2.05) is 6.07 Å². The average molecular weight is 246 g/mol. The van der Waals surface area contributed by atoms with E-state index in [4.69, 9.17) is 4.84 Å². The summed E-state index contributed by atoms with van der Waals surface area (Å²) in [4.78, 5) is 5.00. The molecule has 0 saturated carbocycles. The largest absolute Gasteiger partial charge is 0.301 e. The highest BCUT2D eigenvalue weighted by Crippen LogP contribution is 2.24. The van der Waals surface area contributed by atoms with Gasteiger partial charge in [0.15, 0.2) is 0 Å². The molecule has 4 heteroatoms. The highest BCUT2D eigenvalue weighted by atomic mass is 79.9. The van der Waals surface area contributed by atoms with Gasteiger partial charge in [0.1, 0.15) is 5.82 Å². The molecule has 0 spiro atoms. The van der Waals surface area contributed by atoms with Gasteiger partial charge in [-0.05, 0) is 30.2 Å². The second-order valence-electron chi connectivity index (χ2n) is 3.01. The van der Waals surface area contributed by atoms with Crippen LogP contribution in [-0.4, -0.2) is 6.61 Å². The lowest BCUT2D eigenvalue weighted by atomic mass is 10.1. The molecule has 1 N–H and O–H groups in total. The van der Waals surface area contributed by atoms with Gasteiger partial charge in [-0.3, -0.25) is 0 Å². The summed E-state index contributed by atoms with van der Waals surface area (Å²) in [6.45, 7) is 0.679. The van der Waals surface area contributed by atoms with Crippen molar-refractivity contribution in [3.8, 4) is 0 Å². The Morgan fingerprint density at radius 1 is 1.46 bits per heavy atom. The quantitative estimate of drug-likeness (QED) is 0.822. The summed E-state index contributed by atoms with van der Waals surface area (Å²) in [6.07, 6.45) is 0.885. The molecule has 1 atom stereocenters. The van der Waals surface area contributed by atoms with Crippen LogP contribution < -0.4 is 5.48 Å². The number of halogens is 2. The molecular weight excluding hydrogens is 237 g/mol. The normalized spacial score (nSPS) is 22.2. The molecule has 1 aromatic rings. The van der Waals surface area contributed by atoms with Crippen molar-refractivity contribution in [3.05, 3.63) is 34.1 Å². The first-order chi connectivity index (χ1) is 6.25. The maximum absolute atomic E-state index is 13.0. The van der Waals surface area contributed by atoms with E-state index >= 15 is 0 Å². The topological polar surface area (TPSA) is 21.3 Å². The van der Waals surface area contributed by atoms with E-state index in [0.717, 1.165) is 16.5 Å². The summed E-state index contributed by atoms with van der Waals surface area (Å²) in [6, 6.07) is 4.98. The SMILES string of the molecule is Fc1cc(Br)cc([C@H]2CCON2)c1. The van der Waals surface area contributed by atoms with Gasteiger partial charge in [-0.1, -0.05) is 15.9 Å². The molecule has 0 amide bonds. The van der Waals surface area contributed by atoms with Gasteiger partial charge in [-0.25, -0.2) is 4.39 Å². The van der Waals surface area contributed by atoms with Crippen molar-refractivity contribution in [1.29, 1.82) is 0 Å². The summed E-state index contributed by atoms with van der Waals surface area (Å²) >= 11 is 3.25. The first-order valence-corrected chi connectivity index (χ1v) is 4.88. The second-order valence-corrected chi connectivity index (χ2v) is 3.93. The van der Waals surface area contributed by atoms with Crippen molar-refractivity contribution in [2.75, 3.05) is 6.61 Å². The Bertz CT molecular complexity index is 292. The zero-order valence-corrected chi connectivity index (χ0v) is 8.47. The number of nitrogens with one attached hydrogen (secondary N) is 1. The van der Waals surface area contributed by atoms with E-state index in [0.29, 0.717) is 6.61 Å². The summed E-state index contributed by atoms with van der Waals surface area (Å²) in [5.74, 6) is -0.224. The van der Waals surface area contributed by atoms with E-state index in [2.05, 4.69) is 21.4 Å². The number of hydroxylamine groups is 1. The zero-order valence-electron chi connectivity index (χ0n) is 6.89. The molecule has 0 aromatic heterocycles. The van der Waals surface area contributed by atoms with Crippen LogP contribution >= 0.6 is 15.9 Å². The van der Waals surface area contributed by atoms with E-state index in [1.165, 1.54) is 12.1 Å². The van der Waals surface area contributed by atoms with Crippen LogP contribution in [0.2, 0.25) is 0 Å². The number of hydrogen-bond acceptors (Lipinski definition) is 2. The van der Waals surface area contributed by atoms with Crippen molar-refractivity contribution in [2.24, 2.45) is 0 Å². The van der Waals surface area contributed by atoms with Gasteiger partial charge in [-0.2, -0.15) is 5.48 Å². The summed E-state index contributed by atoms with van der Waals surface area (Å²) in [7, 11) is 0. The lowest BCUT2D eigenvalue weighted by Gasteiger charge is -2.08. The van der Waals surface area contributed by atoms with Crippen molar-refractivity contribution in [1.82, 2.24) is 5.48 Å². The lowest BCUT2D eigenvalue weighted by molar-refractivity contribution is 0.0882. The van der Waals surface area contributed by atoms with Gasteiger partial charge < -0.3 is 4.84 Å². The van der Waals surface area contributed by atoms with Crippen LogP contribution in [0, 0.1) is 5.82 Å². The molecule has 0 radical (unpaired) electrons. The predicted molar refractivity (Wildman–Crippen MR) is 50.5 cm³/mol. The van der Waals surface area contributed by atoms with Crippen molar-refractivity contribution >= 4 is 15.9 Å². The number of hydrogen-bond donors (Lipinski definition) is 1. The number of benzene rings is 1. The van der Waals surface area contributed by atoms with E-state index in [9.17, 15) is 4.39 Å². The summed E-state index contributed by atoms with van der Waals surface area (Å²) < 4.78 is 13.7. The second kappa shape index (κ2) is 3.74. The minimum Gasteiger partial charge on any atom is -0.301 e. The molecule has 1 aliphatic heterocycles. The zero-order chi connectivity index (χ0) is 9.26. The Balaban J connectivity index is 2.28. The van der Waals surface area contributed by atoms with E-state index < -0.39 is 0 Å².